The highest BCUT2D eigenvalue weighted by Gasteiger charge is 2.50. The summed E-state index contributed by atoms with van der Waals surface area (Å²) < 4.78 is 0. The summed E-state index contributed by atoms with van der Waals surface area (Å²) in [7, 11) is 3.76. The molecule has 0 unspecified atom stereocenters. The predicted octanol–water partition coefficient (Wildman–Crippen LogP) is 0.686. The maximum atomic E-state index is 12.2. The van der Waals surface area contributed by atoms with E-state index in [2.05, 4.69) is 0 Å². The first-order chi connectivity index (χ1) is 8.25. The van der Waals surface area contributed by atoms with Crippen LogP contribution in [0.3, 0.4) is 0 Å². The number of nitrogens with one attached hydrogen (secondary N) is 1. The molecule has 0 saturated carbocycles. The summed E-state index contributed by atoms with van der Waals surface area (Å²) >= 11 is 0. The first-order valence-electron chi connectivity index (χ1n) is 5.94. The molecule has 0 amide bonds. The minimum absolute atomic E-state index is 0.147. The van der Waals surface area contributed by atoms with Crippen molar-refractivity contribution in [3.63, 3.8) is 0 Å². The van der Waals surface area contributed by atoms with Gasteiger partial charge in [0.05, 0.1) is 11.0 Å². The Kier molecular flexibility index (Phi) is 2.51. The third-order valence-corrected chi connectivity index (χ3v) is 4.04. The number of rotatable bonds is 0. The number of ketones is 1. The standard InChI is InChI=1S/C13H16BN3O/c1-12(2)9-4-5-17(3)11(16)13(9,14)6-8(7-15)10(12)18/h4,6,16H,5,14H2,1-3H3/t13-/m0/s1. The molecule has 0 bridgehead atoms. The molecule has 1 aliphatic carbocycles. The van der Waals surface area contributed by atoms with Gasteiger partial charge in [-0.1, -0.05) is 12.2 Å². The molecule has 1 heterocycles. The molecule has 0 radical (unpaired) electrons. The lowest BCUT2D eigenvalue weighted by molar-refractivity contribution is -0.121. The first-order valence-corrected chi connectivity index (χ1v) is 5.94. The summed E-state index contributed by atoms with van der Waals surface area (Å²) in [5.74, 6) is 0.291. The van der Waals surface area contributed by atoms with Crippen LogP contribution in [-0.4, -0.2) is 38.0 Å². The van der Waals surface area contributed by atoms with E-state index in [0.29, 0.717) is 12.4 Å². The van der Waals surface area contributed by atoms with Crippen molar-refractivity contribution in [1.82, 2.24) is 4.90 Å². The highest BCUT2D eigenvalue weighted by molar-refractivity contribution is 6.35. The van der Waals surface area contributed by atoms with E-state index in [-0.39, 0.29) is 11.4 Å². The molecule has 1 N–H and O–H groups in total. The zero-order chi connectivity index (χ0) is 13.7. The van der Waals surface area contributed by atoms with Gasteiger partial charge in [-0.3, -0.25) is 10.2 Å². The molecule has 1 aliphatic heterocycles. The van der Waals surface area contributed by atoms with Crippen LogP contribution in [0.4, 0.5) is 0 Å². The predicted molar refractivity (Wildman–Crippen MR) is 72.2 cm³/mol. The van der Waals surface area contributed by atoms with Crippen LogP contribution in [0.1, 0.15) is 13.8 Å². The summed E-state index contributed by atoms with van der Waals surface area (Å²) in [4.78, 5) is 14.1. The average Bonchev–Trinajstić information content (AvgIpc) is 2.31. The number of amidine groups is 1. The molecule has 5 heteroatoms. The molecule has 0 saturated heterocycles. The Hall–Kier alpha value is -1.83. The second-order valence-corrected chi connectivity index (χ2v) is 5.67. The Morgan fingerprint density at radius 3 is 2.72 bits per heavy atom. The number of allylic oxidation sites excluding steroid dienone is 1. The van der Waals surface area contributed by atoms with Crippen molar-refractivity contribution in [3.8, 4) is 6.07 Å². The molecule has 0 aromatic rings. The van der Waals surface area contributed by atoms with Crippen molar-refractivity contribution >= 4 is 19.5 Å². The van der Waals surface area contributed by atoms with Crippen LogP contribution in [0.5, 0.6) is 0 Å². The Balaban J connectivity index is 2.73. The Bertz CT molecular complexity index is 553. The van der Waals surface area contributed by atoms with E-state index < -0.39 is 10.7 Å². The zero-order valence-electron chi connectivity index (χ0n) is 11.2. The van der Waals surface area contributed by atoms with Crippen molar-refractivity contribution in [1.29, 1.82) is 10.7 Å². The van der Waals surface area contributed by atoms with Gasteiger partial charge in [-0.05, 0) is 19.4 Å². The molecule has 4 nitrogen and oxygen atoms in total. The molecular weight excluding hydrogens is 225 g/mol. The van der Waals surface area contributed by atoms with Gasteiger partial charge in [0.15, 0.2) is 5.78 Å². The number of nitrogens with zero attached hydrogens (tertiary/aromatic N) is 2. The molecule has 2 aliphatic rings. The van der Waals surface area contributed by atoms with Gasteiger partial charge < -0.3 is 4.90 Å². The van der Waals surface area contributed by atoms with Gasteiger partial charge in [-0.25, -0.2) is 0 Å². The van der Waals surface area contributed by atoms with Crippen molar-refractivity contribution in [2.24, 2.45) is 5.41 Å². The van der Waals surface area contributed by atoms with E-state index in [9.17, 15) is 4.79 Å². The molecule has 1 atom stereocenters. The van der Waals surface area contributed by atoms with E-state index >= 15 is 0 Å². The summed E-state index contributed by atoms with van der Waals surface area (Å²) in [6, 6.07) is 1.97. The molecule has 2 rings (SSSR count). The highest BCUT2D eigenvalue weighted by Crippen LogP contribution is 2.52. The van der Waals surface area contributed by atoms with Crippen LogP contribution < -0.4 is 0 Å². The lowest BCUT2D eigenvalue weighted by Gasteiger charge is -2.47. The van der Waals surface area contributed by atoms with E-state index in [1.165, 1.54) is 0 Å². The number of Topliss-reactive ketones (excluding diaryl/α,β-unsaturated/α-hetero) is 1. The van der Waals surface area contributed by atoms with Crippen molar-refractivity contribution < 1.29 is 4.79 Å². The minimum Gasteiger partial charge on any atom is -0.360 e. The number of carbonyl (C=O) groups excluding carboxylic acids is 1. The number of nitriles is 1. The Morgan fingerprint density at radius 1 is 1.56 bits per heavy atom. The Labute approximate surface area is 108 Å². The number of carbonyl (C=O) groups is 1. The lowest BCUT2D eigenvalue weighted by atomic mass is 9.50. The lowest BCUT2D eigenvalue weighted by Crippen LogP contribution is -2.49. The maximum Gasteiger partial charge on any atom is 0.182 e. The second kappa shape index (κ2) is 3.58. The fraction of sp³-hybridized carbons (Fsp3) is 0.462. The molecule has 0 aromatic carbocycles. The molecule has 0 fully saturated rings. The smallest absolute Gasteiger partial charge is 0.182 e. The number of hydrogen-bond acceptors (Lipinski definition) is 3. The number of likely N-dealkylation sites (N-methyl/N-ethyl adjacent to an activating group) is 1. The van der Waals surface area contributed by atoms with Gasteiger partial charge in [-0.15, -0.1) is 0 Å². The van der Waals surface area contributed by atoms with Crippen LogP contribution in [-0.2, 0) is 4.79 Å². The third kappa shape index (κ3) is 1.38. The summed E-state index contributed by atoms with van der Waals surface area (Å²) in [5, 5.41) is 16.7. The summed E-state index contributed by atoms with van der Waals surface area (Å²) in [6.07, 6.45) is 3.66. The van der Waals surface area contributed by atoms with Gasteiger partial charge in [0, 0.05) is 18.9 Å². The molecule has 0 spiro atoms. The Morgan fingerprint density at radius 2 is 2.17 bits per heavy atom. The normalized spacial score (nSPS) is 30.2. The maximum absolute atomic E-state index is 12.2. The van der Waals surface area contributed by atoms with Gasteiger partial charge in [0.1, 0.15) is 19.8 Å². The molecular formula is C13H16BN3O. The fourth-order valence-corrected chi connectivity index (χ4v) is 3.00. The van der Waals surface area contributed by atoms with Crippen LogP contribution in [0.2, 0.25) is 5.31 Å². The van der Waals surface area contributed by atoms with Crippen LogP contribution in [0, 0.1) is 22.2 Å². The second-order valence-electron chi connectivity index (χ2n) is 5.67. The summed E-state index contributed by atoms with van der Waals surface area (Å²) in [6.45, 7) is 4.31. The SMILES string of the molecule is B[C@@]12C=C(C#N)C(=O)C(C)(C)C1=CCN(C)C2=N. The highest BCUT2D eigenvalue weighted by atomic mass is 16.1. The number of fused-ring (bicyclic) bond motifs is 1. The largest absolute Gasteiger partial charge is 0.360 e. The summed E-state index contributed by atoms with van der Waals surface area (Å²) in [5.41, 5.74) is 0.393. The fourth-order valence-electron chi connectivity index (χ4n) is 3.00. The topological polar surface area (TPSA) is 68.0 Å². The van der Waals surface area contributed by atoms with Gasteiger partial charge in [0.25, 0.3) is 0 Å². The minimum atomic E-state index is -0.706. The van der Waals surface area contributed by atoms with Crippen molar-refractivity contribution in [2.75, 3.05) is 13.6 Å². The van der Waals surface area contributed by atoms with Gasteiger partial charge in [-0.2, -0.15) is 5.26 Å². The van der Waals surface area contributed by atoms with Crippen molar-refractivity contribution in [2.45, 2.75) is 19.2 Å². The number of hydrogen-bond donors (Lipinski definition) is 1. The van der Waals surface area contributed by atoms with E-state index in [1.54, 1.807) is 6.08 Å². The van der Waals surface area contributed by atoms with E-state index in [4.69, 9.17) is 10.7 Å². The van der Waals surface area contributed by atoms with E-state index in [0.717, 1.165) is 5.57 Å². The van der Waals surface area contributed by atoms with Crippen LogP contribution in [0.25, 0.3) is 0 Å². The third-order valence-electron chi connectivity index (χ3n) is 4.04. The van der Waals surface area contributed by atoms with Gasteiger partial charge >= 0.3 is 0 Å². The first kappa shape index (κ1) is 12.6. The van der Waals surface area contributed by atoms with Crippen LogP contribution in [0.15, 0.2) is 23.3 Å². The molecule has 18 heavy (non-hydrogen) atoms. The average molecular weight is 241 g/mol. The zero-order valence-corrected chi connectivity index (χ0v) is 11.2. The van der Waals surface area contributed by atoms with E-state index in [1.807, 2.05) is 45.8 Å². The molecule has 92 valence electrons. The van der Waals surface area contributed by atoms with Gasteiger partial charge in [0.2, 0.25) is 0 Å². The quantitative estimate of drug-likeness (QED) is 0.501. The van der Waals surface area contributed by atoms with Crippen molar-refractivity contribution in [3.05, 3.63) is 23.3 Å². The van der Waals surface area contributed by atoms with Crippen LogP contribution >= 0.6 is 0 Å². The molecule has 0 aromatic heterocycles. The monoisotopic (exact) mass is 241 g/mol.